The van der Waals surface area contributed by atoms with Crippen LogP contribution in [-0.4, -0.2) is 12.1 Å². The summed E-state index contributed by atoms with van der Waals surface area (Å²) < 4.78 is 44.0. The molecule has 0 spiro atoms. The van der Waals surface area contributed by atoms with Gasteiger partial charge in [0.1, 0.15) is 5.58 Å². The fourth-order valence-electron chi connectivity index (χ4n) is 2.74. The highest BCUT2D eigenvalue weighted by molar-refractivity contribution is 5.84. The molecule has 1 aromatic carbocycles. The number of hydrogen-bond donors (Lipinski definition) is 0. The predicted molar refractivity (Wildman–Crippen MR) is 80.2 cm³/mol. The Balaban J connectivity index is 2.68. The smallest absolute Gasteiger partial charge is 0.417 e. The van der Waals surface area contributed by atoms with E-state index in [9.17, 15) is 18.0 Å². The van der Waals surface area contributed by atoms with E-state index in [2.05, 4.69) is 0 Å². The molecular weight excluding hydrogens is 295 g/mol. The molecule has 2 aromatic rings. The summed E-state index contributed by atoms with van der Waals surface area (Å²) >= 11 is 0. The lowest BCUT2D eigenvalue weighted by atomic mass is 10.1. The van der Waals surface area contributed by atoms with Crippen LogP contribution in [0.15, 0.2) is 33.5 Å². The minimum absolute atomic E-state index is 0.0522. The highest BCUT2D eigenvalue weighted by atomic mass is 19.4. The summed E-state index contributed by atoms with van der Waals surface area (Å²) in [5.41, 5.74) is -1.30. The van der Waals surface area contributed by atoms with Crippen LogP contribution in [0, 0.1) is 0 Å². The first kappa shape index (κ1) is 16.4. The van der Waals surface area contributed by atoms with Crippen LogP contribution in [0.4, 0.5) is 18.9 Å². The van der Waals surface area contributed by atoms with Crippen LogP contribution >= 0.6 is 0 Å². The van der Waals surface area contributed by atoms with Gasteiger partial charge in [0, 0.05) is 35.3 Å². The molecule has 3 nitrogen and oxygen atoms in total. The van der Waals surface area contributed by atoms with E-state index in [1.807, 2.05) is 32.6 Å². The third kappa shape index (κ3) is 3.10. The molecule has 1 heterocycles. The molecule has 0 radical (unpaired) electrons. The van der Waals surface area contributed by atoms with Gasteiger partial charge in [-0.15, -0.1) is 0 Å². The first-order valence-electron chi connectivity index (χ1n) is 7.04. The number of benzene rings is 1. The van der Waals surface area contributed by atoms with Crippen LogP contribution in [0.25, 0.3) is 11.0 Å². The van der Waals surface area contributed by atoms with Gasteiger partial charge in [-0.25, -0.2) is 4.79 Å². The third-order valence-corrected chi connectivity index (χ3v) is 3.44. The fourth-order valence-corrected chi connectivity index (χ4v) is 2.74. The molecular formula is C16H18F3NO2. The molecule has 0 saturated carbocycles. The fraction of sp³-hybridized carbons (Fsp3) is 0.438. The molecule has 2 rings (SSSR count). The van der Waals surface area contributed by atoms with Crippen LogP contribution in [-0.2, 0) is 6.18 Å². The minimum Gasteiger partial charge on any atom is -0.423 e. The zero-order valence-corrected chi connectivity index (χ0v) is 12.9. The molecule has 0 aliphatic heterocycles. The highest BCUT2D eigenvalue weighted by Crippen LogP contribution is 2.35. The summed E-state index contributed by atoms with van der Waals surface area (Å²) in [6, 6.07) is 5.28. The van der Waals surface area contributed by atoms with Crippen molar-refractivity contribution in [2.75, 3.05) is 4.90 Å². The van der Waals surface area contributed by atoms with Gasteiger partial charge in [0.2, 0.25) is 0 Å². The molecule has 1 aromatic heterocycles. The largest absolute Gasteiger partial charge is 0.423 e. The van der Waals surface area contributed by atoms with Gasteiger partial charge in [0.15, 0.2) is 0 Å². The molecule has 0 aliphatic carbocycles. The van der Waals surface area contributed by atoms with Crippen LogP contribution in [0.2, 0.25) is 0 Å². The molecule has 0 atom stereocenters. The van der Waals surface area contributed by atoms with Gasteiger partial charge in [-0.05, 0) is 39.8 Å². The number of fused-ring (bicyclic) bond motifs is 1. The molecule has 22 heavy (non-hydrogen) atoms. The summed E-state index contributed by atoms with van der Waals surface area (Å²) in [5, 5.41) is -0.108. The Hall–Kier alpha value is -1.98. The SMILES string of the molecule is CC(C)N(c1ccc2c(C(F)(F)F)cc(=O)oc2c1)C(C)C. The maximum Gasteiger partial charge on any atom is 0.417 e. The zero-order valence-electron chi connectivity index (χ0n) is 12.9. The van der Waals surface area contributed by atoms with Crippen LogP contribution in [0.5, 0.6) is 0 Å². The quantitative estimate of drug-likeness (QED) is 0.786. The van der Waals surface area contributed by atoms with E-state index >= 15 is 0 Å². The van der Waals surface area contributed by atoms with Crippen LogP contribution in [0.3, 0.4) is 0 Å². The number of halogens is 3. The number of hydrogen-bond acceptors (Lipinski definition) is 3. The Morgan fingerprint density at radius 2 is 1.64 bits per heavy atom. The summed E-state index contributed by atoms with van der Waals surface area (Å²) in [7, 11) is 0. The second-order valence-corrected chi connectivity index (χ2v) is 5.75. The Morgan fingerprint density at radius 1 is 1.05 bits per heavy atom. The molecule has 0 N–H and O–H groups in total. The second kappa shape index (κ2) is 5.66. The van der Waals surface area contributed by atoms with Crippen molar-refractivity contribution in [2.45, 2.75) is 46.0 Å². The maximum atomic E-state index is 13.0. The van der Waals surface area contributed by atoms with Crippen molar-refractivity contribution >= 4 is 16.7 Å². The third-order valence-electron chi connectivity index (χ3n) is 3.44. The first-order valence-corrected chi connectivity index (χ1v) is 7.04. The van der Waals surface area contributed by atoms with Gasteiger partial charge < -0.3 is 9.32 Å². The Labute approximate surface area is 126 Å². The van der Waals surface area contributed by atoms with Gasteiger partial charge in [-0.2, -0.15) is 13.2 Å². The van der Waals surface area contributed by atoms with E-state index in [4.69, 9.17) is 4.42 Å². The second-order valence-electron chi connectivity index (χ2n) is 5.75. The predicted octanol–water partition coefficient (Wildman–Crippen LogP) is 4.44. The lowest BCUT2D eigenvalue weighted by Gasteiger charge is -2.33. The lowest BCUT2D eigenvalue weighted by molar-refractivity contribution is -0.136. The van der Waals surface area contributed by atoms with Gasteiger partial charge in [0.25, 0.3) is 0 Å². The van der Waals surface area contributed by atoms with E-state index in [1.54, 1.807) is 6.07 Å². The van der Waals surface area contributed by atoms with E-state index in [1.165, 1.54) is 12.1 Å². The molecule has 0 bridgehead atoms. The summed E-state index contributed by atoms with van der Waals surface area (Å²) in [6.07, 6.45) is -4.59. The molecule has 0 fully saturated rings. The average molecular weight is 313 g/mol. The average Bonchev–Trinajstić information content (AvgIpc) is 2.35. The van der Waals surface area contributed by atoms with Crippen molar-refractivity contribution in [1.29, 1.82) is 0 Å². The zero-order chi connectivity index (χ0) is 16.7. The Bertz CT molecular complexity index is 724. The number of alkyl halides is 3. The monoisotopic (exact) mass is 313 g/mol. The minimum atomic E-state index is -4.59. The molecule has 0 saturated heterocycles. The van der Waals surface area contributed by atoms with Crippen molar-refractivity contribution in [3.8, 4) is 0 Å². The van der Waals surface area contributed by atoms with Gasteiger partial charge in [0.05, 0.1) is 5.56 Å². The maximum absolute atomic E-state index is 13.0. The number of nitrogens with zero attached hydrogens (tertiary/aromatic N) is 1. The first-order chi connectivity index (χ1) is 10.1. The van der Waals surface area contributed by atoms with Gasteiger partial charge >= 0.3 is 11.8 Å². The Kier molecular flexibility index (Phi) is 4.22. The topological polar surface area (TPSA) is 33.5 Å². The van der Waals surface area contributed by atoms with Crippen molar-refractivity contribution in [3.05, 3.63) is 40.2 Å². The highest BCUT2D eigenvalue weighted by Gasteiger charge is 2.34. The van der Waals surface area contributed by atoms with Crippen molar-refractivity contribution in [1.82, 2.24) is 0 Å². The summed E-state index contributed by atoms with van der Waals surface area (Å²) in [5.74, 6) is 0. The molecule has 0 aliphatic rings. The van der Waals surface area contributed by atoms with Crippen molar-refractivity contribution in [3.63, 3.8) is 0 Å². The molecule has 0 amide bonds. The van der Waals surface area contributed by atoms with Crippen molar-refractivity contribution in [2.24, 2.45) is 0 Å². The van der Waals surface area contributed by atoms with Crippen LogP contribution in [0.1, 0.15) is 33.3 Å². The molecule has 120 valence electrons. The van der Waals surface area contributed by atoms with E-state index in [-0.39, 0.29) is 23.1 Å². The molecule has 0 unspecified atom stereocenters. The van der Waals surface area contributed by atoms with E-state index in [0.717, 1.165) is 5.69 Å². The standard InChI is InChI=1S/C16H18F3NO2/c1-9(2)20(10(3)4)11-5-6-12-13(16(17,18)19)8-15(21)22-14(12)7-11/h5-10H,1-4H3. The van der Waals surface area contributed by atoms with Crippen LogP contribution < -0.4 is 10.5 Å². The van der Waals surface area contributed by atoms with E-state index < -0.39 is 17.4 Å². The van der Waals surface area contributed by atoms with Gasteiger partial charge in [-0.3, -0.25) is 0 Å². The molecule has 6 heteroatoms. The van der Waals surface area contributed by atoms with Gasteiger partial charge in [-0.1, -0.05) is 0 Å². The number of anilines is 1. The summed E-state index contributed by atoms with van der Waals surface area (Å²) in [4.78, 5) is 13.5. The van der Waals surface area contributed by atoms with Crippen molar-refractivity contribution < 1.29 is 17.6 Å². The Morgan fingerprint density at radius 3 is 2.14 bits per heavy atom. The summed E-state index contributed by atoms with van der Waals surface area (Å²) in [6.45, 7) is 7.97. The normalized spacial score (nSPS) is 12.4. The number of rotatable bonds is 3. The lowest BCUT2D eigenvalue weighted by Crippen LogP contribution is -2.36. The van der Waals surface area contributed by atoms with E-state index in [0.29, 0.717) is 6.07 Å².